The van der Waals surface area contributed by atoms with E-state index in [0.717, 1.165) is 5.56 Å². The molecule has 154 valence electrons. The first-order valence-corrected chi connectivity index (χ1v) is 9.71. The maximum Gasteiger partial charge on any atom is 0.407 e. The third-order valence-corrected chi connectivity index (χ3v) is 5.11. The molecule has 6 nitrogen and oxygen atoms in total. The van der Waals surface area contributed by atoms with Crippen molar-refractivity contribution < 1.29 is 24.2 Å². The lowest BCUT2D eigenvalue weighted by Gasteiger charge is -2.32. The molecule has 1 fully saturated rings. The number of benzene rings is 2. The average Bonchev–Trinajstić information content (AvgIpc) is 3.12. The third kappa shape index (κ3) is 5.28. The number of rotatable bonds is 5. The Kier molecular flexibility index (Phi) is 6.11. The summed E-state index contributed by atoms with van der Waals surface area (Å²) in [4.78, 5) is 25.2. The Bertz CT molecular complexity index is 842. The van der Waals surface area contributed by atoms with Crippen molar-refractivity contribution in [3.8, 4) is 5.75 Å². The molecule has 0 aliphatic carbocycles. The summed E-state index contributed by atoms with van der Waals surface area (Å²) in [5, 5.41) is 9.48. The molecular weight excluding hydrogens is 370 g/mol. The van der Waals surface area contributed by atoms with Gasteiger partial charge in [0.2, 0.25) is 0 Å². The van der Waals surface area contributed by atoms with Crippen LogP contribution in [0.5, 0.6) is 5.75 Å². The van der Waals surface area contributed by atoms with E-state index in [1.54, 1.807) is 24.3 Å². The molecule has 0 radical (unpaired) electrons. The predicted molar refractivity (Wildman–Crippen MR) is 109 cm³/mol. The van der Waals surface area contributed by atoms with Crippen molar-refractivity contribution in [2.45, 2.75) is 45.9 Å². The third-order valence-electron chi connectivity index (χ3n) is 5.11. The van der Waals surface area contributed by atoms with E-state index in [9.17, 15) is 14.7 Å². The first-order chi connectivity index (χ1) is 13.7. The lowest BCUT2D eigenvalue weighted by Crippen LogP contribution is -2.42. The second kappa shape index (κ2) is 8.55. The highest BCUT2D eigenvalue weighted by Crippen LogP contribution is 2.34. The van der Waals surface area contributed by atoms with Gasteiger partial charge < -0.3 is 19.5 Å². The second-order valence-electron chi connectivity index (χ2n) is 8.38. The highest BCUT2D eigenvalue weighted by atomic mass is 16.5. The van der Waals surface area contributed by atoms with Crippen LogP contribution in [-0.4, -0.2) is 40.8 Å². The zero-order valence-corrected chi connectivity index (χ0v) is 17.0. The minimum Gasteiger partial charge on any atom is -0.489 e. The summed E-state index contributed by atoms with van der Waals surface area (Å²) in [6, 6.07) is 16.2. The average molecular weight is 397 g/mol. The smallest absolute Gasteiger partial charge is 0.407 e. The first kappa shape index (κ1) is 20.7. The van der Waals surface area contributed by atoms with E-state index < -0.39 is 12.1 Å². The van der Waals surface area contributed by atoms with E-state index >= 15 is 0 Å². The minimum absolute atomic E-state index is 0.0998. The van der Waals surface area contributed by atoms with Crippen LogP contribution in [0.25, 0.3) is 0 Å². The summed E-state index contributed by atoms with van der Waals surface area (Å²) in [5.74, 6) is 0.209. The fourth-order valence-corrected chi connectivity index (χ4v) is 3.58. The monoisotopic (exact) mass is 397 g/mol. The van der Waals surface area contributed by atoms with Crippen LogP contribution >= 0.6 is 0 Å². The van der Waals surface area contributed by atoms with Crippen LogP contribution in [-0.2, 0) is 11.3 Å². The standard InChI is InChI=1S/C23H27NO5/c1-23(2,3)20-13-19(14-24(20)22(26)27)29-18-11-9-17(10-12-18)21(25)28-15-16-7-5-4-6-8-16/h4-12,19-20H,13-15H2,1-3H3,(H,26,27). The van der Waals surface area contributed by atoms with E-state index in [4.69, 9.17) is 9.47 Å². The molecule has 1 saturated heterocycles. The van der Waals surface area contributed by atoms with E-state index in [-0.39, 0.29) is 24.2 Å². The molecule has 29 heavy (non-hydrogen) atoms. The Balaban J connectivity index is 1.58. The van der Waals surface area contributed by atoms with Crippen LogP contribution in [0.2, 0.25) is 0 Å². The van der Waals surface area contributed by atoms with Gasteiger partial charge in [-0.3, -0.25) is 0 Å². The van der Waals surface area contributed by atoms with Crippen molar-refractivity contribution in [1.82, 2.24) is 4.90 Å². The number of hydrogen-bond acceptors (Lipinski definition) is 4. The fourth-order valence-electron chi connectivity index (χ4n) is 3.58. The van der Waals surface area contributed by atoms with Gasteiger partial charge in [-0.25, -0.2) is 9.59 Å². The van der Waals surface area contributed by atoms with Crippen LogP contribution in [0.15, 0.2) is 54.6 Å². The van der Waals surface area contributed by atoms with Gasteiger partial charge in [-0.1, -0.05) is 51.1 Å². The lowest BCUT2D eigenvalue weighted by atomic mass is 9.85. The Morgan fingerprint density at radius 2 is 1.72 bits per heavy atom. The molecule has 2 aromatic rings. The number of nitrogens with zero attached hydrogens (tertiary/aromatic N) is 1. The molecule has 2 unspecified atom stereocenters. The van der Waals surface area contributed by atoms with Crippen LogP contribution < -0.4 is 4.74 Å². The number of likely N-dealkylation sites (tertiary alicyclic amines) is 1. The Hall–Kier alpha value is -3.02. The molecule has 1 aliphatic rings. The molecule has 0 aromatic heterocycles. The molecule has 1 heterocycles. The number of carboxylic acid groups (broad SMARTS) is 1. The summed E-state index contributed by atoms with van der Waals surface area (Å²) in [5.41, 5.74) is 1.21. The maximum atomic E-state index is 12.2. The highest BCUT2D eigenvalue weighted by molar-refractivity contribution is 5.89. The number of ether oxygens (including phenoxy) is 2. The van der Waals surface area contributed by atoms with Crippen LogP contribution in [0.1, 0.15) is 43.1 Å². The molecule has 3 rings (SSSR count). The zero-order chi connectivity index (χ0) is 21.0. The molecule has 1 aliphatic heterocycles. The van der Waals surface area contributed by atoms with Gasteiger partial charge in [0.1, 0.15) is 18.5 Å². The Morgan fingerprint density at radius 3 is 2.28 bits per heavy atom. The molecule has 0 spiro atoms. The summed E-state index contributed by atoms with van der Waals surface area (Å²) in [6.07, 6.45) is -0.504. The van der Waals surface area contributed by atoms with E-state index in [2.05, 4.69) is 0 Å². The number of esters is 1. The number of hydrogen-bond donors (Lipinski definition) is 1. The Morgan fingerprint density at radius 1 is 1.07 bits per heavy atom. The summed E-state index contributed by atoms with van der Waals surface area (Å²) in [7, 11) is 0. The molecular formula is C23H27NO5. The Labute approximate surface area is 171 Å². The largest absolute Gasteiger partial charge is 0.489 e. The second-order valence-corrected chi connectivity index (χ2v) is 8.38. The van der Waals surface area contributed by atoms with Crippen molar-refractivity contribution in [3.05, 3.63) is 65.7 Å². The lowest BCUT2D eigenvalue weighted by molar-refractivity contribution is 0.0472. The van der Waals surface area contributed by atoms with Gasteiger partial charge in [0.25, 0.3) is 0 Å². The molecule has 1 amide bonds. The number of carbonyl (C=O) groups excluding carboxylic acids is 1. The van der Waals surface area contributed by atoms with Gasteiger partial charge in [0, 0.05) is 12.5 Å². The van der Waals surface area contributed by atoms with Crippen molar-refractivity contribution >= 4 is 12.1 Å². The van der Waals surface area contributed by atoms with Crippen LogP contribution in [0, 0.1) is 5.41 Å². The van der Waals surface area contributed by atoms with Crippen molar-refractivity contribution in [3.63, 3.8) is 0 Å². The molecule has 0 saturated carbocycles. The number of amides is 1. The van der Waals surface area contributed by atoms with Crippen molar-refractivity contribution in [2.24, 2.45) is 5.41 Å². The zero-order valence-electron chi connectivity index (χ0n) is 17.0. The summed E-state index contributed by atoms with van der Waals surface area (Å²) in [6.45, 7) is 6.65. The summed E-state index contributed by atoms with van der Waals surface area (Å²) < 4.78 is 11.3. The van der Waals surface area contributed by atoms with Gasteiger partial charge in [0.15, 0.2) is 0 Å². The van der Waals surface area contributed by atoms with Gasteiger partial charge >= 0.3 is 12.1 Å². The molecule has 0 bridgehead atoms. The van der Waals surface area contributed by atoms with Gasteiger partial charge in [0.05, 0.1) is 12.1 Å². The first-order valence-electron chi connectivity index (χ1n) is 9.71. The normalized spacial score (nSPS) is 19.1. The minimum atomic E-state index is -0.924. The van der Waals surface area contributed by atoms with E-state index in [1.165, 1.54) is 4.90 Å². The SMILES string of the molecule is CC(C)(C)C1CC(Oc2ccc(C(=O)OCc3ccccc3)cc2)CN1C(=O)O. The van der Waals surface area contributed by atoms with Gasteiger partial charge in [-0.15, -0.1) is 0 Å². The van der Waals surface area contributed by atoms with Gasteiger partial charge in [-0.05, 0) is 35.2 Å². The van der Waals surface area contributed by atoms with Crippen molar-refractivity contribution in [2.75, 3.05) is 6.54 Å². The molecule has 2 atom stereocenters. The van der Waals surface area contributed by atoms with E-state index in [0.29, 0.717) is 24.3 Å². The van der Waals surface area contributed by atoms with Crippen LogP contribution in [0.3, 0.4) is 0 Å². The predicted octanol–water partition coefficient (Wildman–Crippen LogP) is 4.59. The van der Waals surface area contributed by atoms with Gasteiger partial charge in [-0.2, -0.15) is 0 Å². The topological polar surface area (TPSA) is 76.1 Å². The quantitative estimate of drug-likeness (QED) is 0.747. The molecule has 6 heteroatoms. The molecule has 1 N–H and O–H groups in total. The van der Waals surface area contributed by atoms with E-state index in [1.807, 2.05) is 51.1 Å². The number of carbonyl (C=O) groups is 2. The summed E-state index contributed by atoms with van der Waals surface area (Å²) >= 11 is 0. The highest BCUT2D eigenvalue weighted by Gasteiger charge is 2.42. The fraction of sp³-hybridized carbons (Fsp3) is 0.391. The van der Waals surface area contributed by atoms with Crippen molar-refractivity contribution in [1.29, 1.82) is 0 Å². The molecule has 2 aromatic carbocycles. The van der Waals surface area contributed by atoms with Crippen LogP contribution in [0.4, 0.5) is 4.79 Å². The maximum absolute atomic E-state index is 12.2.